The molecule has 3 rings (SSSR count). The number of carbonyl (C=O) groups excluding carboxylic acids is 2. The van der Waals surface area contributed by atoms with Gasteiger partial charge in [-0.15, -0.1) is 0 Å². The minimum absolute atomic E-state index is 0.00415. The average Bonchev–Trinajstić information content (AvgIpc) is 2.92. The second-order valence-corrected chi connectivity index (χ2v) is 12.1. The first-order valence-electron chi connectivity index (χ1n) is 12.3. The van der Waals surface area contributed by atoms with E-state index in [1.165, 1.54) is 23.1 Å². The van der Waals surface area contributed by atoms with Gasteiger partial charge >= 0.3 is 0 Å². The van der Waals surface area contributed by atoms with Gasteiger partial charge in [0.25, 0.3) is 10.0 Å². The van der Waals surface area contributed by atoms with Crippen LogP contribution in [0.15, 0.2) is 71.6 Å². The molecular formula is C28H30Cl3N3O4S. The molecule has 0 bridgehead atoms. The Bertz CT molecular complexity index is 1440. The summed E-state index contributed by atoms with van der Waals surface area (Å²) in [5.74, 6) is -0.944. The number of nitrogens with zero attached hydrogens (tertiary/aromatic N) is 2. The molecule has 0 aromatic heterocycles. The molecule has 39 heavy (non-hydrogen) atoms. The van der Waals surface area contributed by atoms with E-state index in [2.05, 4.69) is 5.32 Å². The zero-order valence-corrected chi connectivity index (χ0v) is 24.9. The summed E-state index contributed by atoms with van der Waals surface area (Å²) in [4.78, 5) is 28.2. The van der Waals surface area contributed by atoms with Gasteiger partial charge in [0.05, 0.1) is 20.6 Å². The number of rotatable bonds is 11. The van der Waals surface area contributed by atoms with E-state index in [0.717, 1.165) is 10.7 Å². The van der Waals surface area contributed by atoms with Crippen molar-refractivity contribution in [3.63, 3.8) is 0 Å². The Balaban J connectivity index is 2.06. The highest BCUT2D eigenvalue weighted by molar-refractivity contribution is 7.92. The van der Waals surface area contributed by atoms with E-state index in [-0.39, 0.29) is 23.0 Å². The number of hydrogen-bond acceptors (Lipinski definition) is 4. The summed E-state index contributed by atoms with van der Waals surface area (Å²) in [5, 5.41) is 3.77. The first kappa shape index (κ1) is 30.8. The predicted octanol–water partition coefficient (Wildman–Crippen LogP) is 6.09. The molecule has 3 aromatic carbocycles. The minimum atomic E-state index is -4.18. The standard InChI is InChI=1S/C28H30Cl3N3O4S/c1-4-14-32-28(36)20(3)33(17-21-11-13-24(30)25(31)15-21)27(35)18-34(26-16-22(29)12-10-19(26)2)39(37,38)23-8-6-5-7-9-23/h5-13,15-16,20H,4,14,17-18H2,1-3H3,(H,32,36). The lowest BCUT2D eigenvalue weighted by atomic mass is 10.1. The van der Waals surface area contributed by atoms with Crippen molar-refractivity contribution >= 4 is 62.3 Å². The van der Waals surface area contributed by atoms with Gasteiger partial charge in [0, 0.05) is 18.1 Å². The number of benzene rings is 3. The molecule has 0 saturated carbocycles. The van der Waals surface area contributed by atoms with Crippen LogP contribution in [0.2, 0.25) is 15.1 Å². The van der Waals surface area contributed by atoms with Crippen LogP contribution in [0, 0.1) is 6.92 Å². The quantitative estimate of drug-likeness (QED) is 0.285. The molecule has 1 N–H and O–H groups in total. The zero-order chi connectivity index (χ0) is 28.7. The van der Waals surface area contributed by atoms with Gasteiger partial charge in [0.15, 0.2) is 0 Å². The van der Waals surface area contributed by atoms with Gasteiger partial charge in [-0.1, -0.05) is 72.1 Å². The number of carbonyl (C=O) groups is 2. The summed E-state index contributed by atoms with van der Waals surface area (Å²) >= 11 is 18.5. The minimum Gasteiger partial charge on any atom is -0.354 e. The highest BCUT2D eigenvalue weighted by Gasteiger charge is 2.33. The maximum Gasteiger partial charge on any atom is 0.264 e. The lowest BCUT2D eigenvalue weighted by Gasteiger charge is -2.32. The summed E-state index contributed by atoms with van der Waals surface area (Å²) in [5.41, 5.74) is 1.50. The maximum absolute atomic E-state index is 13.9. The van der Waals surface area contributed by atoms with Crippen LogP contribution in [-0.4, -0.2) is 44.3 Å². The van der Waals surface area contributed by atoms with Crippen LogP contribution in [0.3, 0.4) is 0 Å². The van der Waals surface area contributed by atoms with Crippen molar-refractivity contribution in [2.45, 2.75) is 44.7 Å². The molecule has 0 radical (unpaired) electrons. The molecular weight excluding hydrogens is 581 g/mol. The van der Waals surface area contributed by atoms with E-state index in [1.807, 2.05) is 6.92 Å². The Hall–Kier alpha value is -2.78. The molecule has 1 unspecified atom stereocenters. The van der Waals surface area contributed by atoms with E-state index in [1.54, 1.807) is 62.4 Å². The Morgan fingerprint density at radius 1 is 0.949 bits per heavy atom. The molecule has 0 saturated heterocycles. The van der Waals surface area contributed by atoms with E-state index in [0.29, 0.717) is 32.7 Å². The third-order valence-corrected chi connectivity index (χ3v) is 8.85. The topological polar surface area (TPSA) is 86.8 Å². The molecule has 11 heteroatoms. The molecule has 1 atom stereocenters. The van der Waals surface area contributed by atoms with Crippen molar-refractivity contribution in [3.05, 3.63) is 92.9 Å². The van der Waals surface area contributed by atoms with E-state index in [9.17, 15) is 18.0 Å². The summed E-state index contributed by atoms with van der Waals surface area (Å²) in [6.07, 6.45) is 0.719. The molecule has 0 aliphatic rings. The van der Waals surface area contributed by atoms with Crippen LogP contribution in [0.5, 0.6) is 0 Å². The Morgan fingerprint density at radius 2 is 1.64 bits per heavy atom. The molecule has 208 valence electrons. The van der Waals surface area contributed by atoms with E-state index in [4.69, 9.17) is 34.8 Å². The summed E-state index contributed by atoms with van der Waals surface area (Å²) < 4.78 is 28.7. The molecule has 2 amide bonds. The molecule has 0 heterocycles. The third kappa shape index (κ3) is 7.66. The number of amides is 2. The highest BCUT2D eigenvalue weighted by atomic mass is 35.5. The Morgan fingerprint density at radius 3 is 2.28 bits per heavy atom. The van der Waals surface area contributed by atoms with Crippen molar-refractivity contribution in [2.24, 2.45) is 0 Å². The number of nitrogens with one attached hydrogen (secondary N) is 1. The van der Waals surface area contributed by atoms with Gasteiger partial charge < -0.3 is 10.2 Å². The van der Waals surface area contributed by atoms with Gasteiger partial charge in [-0.3, -0.25) is 13.9 Å². The van der Waals surface area contributed by atoms with Gasteiger partial charge in [-0.05, 0) is 67.8 Å². The van der Waals surface area contributed by atoms with Crippen LogP contribution in [-0.2, 0) is 26.2 Å². The summed E-state index contributed by atoms with van der Waals surface area (Å²) in [6.45, 7) is 5.13. The fraction of sp³-hybridized carbons (Fsp3) is 0.286. The Kier molecular flexibility index (Phi) is 10.7. The fourth-order valence-electron chi connectivity index (χ4n) is 3.90. The van der Waals surface area contributed by atoms with E-state index < -0.39 is 28.5 Å². The van der Waals surface area contributed by atoms with Crippen LogP contribution in [0.4, 0.5) is 5.69 Å². The normalized spacial score (nSPS) is 12.1. The number of sulfonamides is 1. The lowest BCUT2D eigenvalue weighted by Crippen LogP contribution is -2.51. The van der Waals surface area contributed by atoms with Crippen LogP contribution in [0.25, 0.3) is 0 Å². The largest absolute Gasteiger partial charge is 0.354 e. The van der Waals surface area contributed by atoms with Crippen molar-refractivity contribution in [3.8, 4) is 0 Å². The maximum atomic E-state index is 13.9. The van der Waals surface area contributed by atoms with Crippen molar-refractivity contribution < 1.29 is 18.0 Å². The van der Waals surface area contributed by atoms with Crippen LogP contribution in [0.1, 0.15) is 31.4 Å². The van der Waals surface area contributed by atoms with Gasteiger partial charge in [-0.2, -0.15) is 0 Å². The van der Waals surface area contributed by atoms with Crippen LogP contribution >= 0.6 is 34.8 Å². The zero-order valence-electron chi connectivity index (χ0n) is 21.8. The number of halogens is 3. The first-order valence-corrected chi connectivity index (χ1v) is 14.9. The first-order chi connectivity index (χ1) is 18.4. The SMILES string of the molecule is CCCNC(=O)C(C)N(Cc1ccc(Cl)c(Cl)c1)C(=O)CN(c1cc(Cl)ccc1C)S(=O)(=O)c1ccccc1. The van der Waals surface area contributed by atoms with Gasteiger partial charge in [0.2, 0.25) is 11.8 Å². The summed E-state index contributed by atoms with van der Waals surface area (Å²) in [6, 6.07) is 16.7. The molecule has 7 nitrogen and oxygen atoms in total. The van der Waals surface area contributed by atoms with Crippen molar-refractivity contribution in [2.75, 3.05) is 17.4 Å². The number of anilines is 1. The van der Waals surface area contributed by atoms with Crippen molar-refractivity contribution in [1.82, 2.24) is 10.2 Å². The molecule has 0 aliphatic carbocycles. The molecule has 0 spiro atoms. The monoisotopic (exact) mass is 609 g/mol. The highest BCUT2D eigenvalue weighted by Crippen LogP contribution is 2.30. The lowest BCUT2D eigenvalue weighted by molar-refractivity contribution is -0.139. The predicted molar refractivity (Wildman–Crippen MR) is 157 cm³/mol. The smallest absolute Gasteiger partial charge is 0.264 e. The summed E-state index contributed by atoms with van der Waals surface area (Å²) in [7, 11) is -4.18. The molecule has 0 aliphatic heterocycles. The fourth-order valence-corrected chi connectivity index (χ4v) is 5.88. The average molecular weight is 611 g/mol. The third-order valence-electron chi connectivity index (χ3n) is 6.10. The molecule has 0 fully saturated rings. The van der Waals surface area contributed by atoms with Crippen LogP contribution < -0.4 is 9.62 Å². The van der Waals surface area contributed by atoms with Gasteiger partial charge in [0.1, 0.15) is 12.6 Å². The second kappa shape index (κ2) is 13.5. The van der Waals surface area contributed by atoms with E-state index >= 15 is 0 Å². The molecule has 3 aromatic rings. The van der Waals surface area contributed by atoms with Crippen molar-refractivity contribution in [1.29, 1.82) is 0 Å². The number of hydrogen-bond donors (Lipinski definition) is 1. The second-order valence-electron chi connectivity index (χ2n) is 8.99. The number of aryl methyl sites for hydroxylation is 1. The Labute approximate surface area is 244 Å². The van der Waals surface area contributed by atoms with Gasteiger partial charge in [-0.25, -0.2) is 8.42 Å².